The van der Waals surface area contributed by atoms with Gasteiger partial charge < -0.3 is 5.32 Å². The van der Waals surface area contributed by atoms with Gasteiger partial charge in [-0.25, -0.2) is 12.8 Å². The van der Waals surface area contributed by atoms with Gasteiger partial charge in [0.2, 0.25) is 0 Å². The van der Waals surface area contributed by atoms with Gasteiger partial charge in [0.15, 0.2) is 0 Å². The van der Waals surface area contributed by atoms with Crippen LogP contribution >= 0.6 is 15.9 Å². The number of carbonyl (C=O) groups is 1. The molecule has 0 fully saturated rings. The second kappa shape index (κ2) is 8.12. The monoisotopic (exact) mass is 462 g/mol. The summed E-state index contributed by atoms with van der Waals surface area (Å²) < 4.78 is 42.3. The van der Waals surface area contributed by atoms with Crippen molar-refractivity contribution in [1.29, 1.82) is 0 Å². The van der Waals surface area contributed by atoms with E-state index in [-0.39, 0.29) is 16.1 Å². The zero-order chi connectivity index (χ0) is 20.3. The van der Waals surface area contributed by atoms with Crippen LogP contribution < -0.4 is 10.0 Å². The van der Waals surface area contributed by atoms with Crippen LogP contribution in [-0.2, 0) is 10.0 Å². The zero-order valence-electron chi connectivity index (χ0n) is 14.7. The largest absolute Gasteiger partial charge is 0.319 e. The Balaban J connectivity index is 1.83. The van der Waals surface area contributed by atoms with E-state index in [1.54, 1.807) is 37.3 Å². The second-order valence-corrected chi connectivity index (χ2v) is 8.68. The molecule has 144 valence electrons. The minimum Gasteiger partial charge on any atom is -0.319 e. The van der Waals surface area contributed by atoms with Crippen LogP contribution in [0.5, 0.6) is 0 Å². The fourth-order valence-corrected chi connectivity index (χ4v) is 3.83. The van der Waals surface area contributed by atoms with Crippen molar-refractivity contribution in [2.75, 3.05) is 10.0 Å². The van der Waals surface area contributed by atoms with Gasteiger partial charge in [0.05, 0.1) is 10.6 Å². The van der Waals surface area contributed by atoms with Crippen LogP contribution in [0, 0.1) is 12.7 Å². The smallest absolute Gasteiger partial charge is 0.261 e. The summed E-state index contributed by atoms with van der Waals surface area (Å²) in [4.78, 5) is 12.4. The van der Waals surface area contributed by atoms with Gasteiger partial charge in [-0.3, -0.25) is 9.52 Å². The summed E-state index contributed by atoms with van der Waals surface area (Å²) >= 11 is 3.28. The highest BCUT2D eigenvalue weighted by Gasteiger charge is 2.17. The molecule has 0 saturated heterocycles. The maximum absolute atomic E-state index is 13.9. The average molecular weight is 463 g/mol. The van der Waals surface area contributed by atoms with Crippen molar-refractivity contribution in [2.45, 2.75) is 11.8 Å². The van der Waals surface area contributed by atoms with Crippen LogP contribution in [0.1, 0.15) is 15.9 Å². The van der Waals surface area contributed by atoms with Crippen molar-refractivity contribution < 1.29 is 17.6 Å². The molecule has 2 N–H and O–H groups in total. The van der Waals surface area contributed by atoms with E-state index in [0.29, 0.717) is 5.69 Å². The molecule has 1 amide bonds. The number of benzene rings is 3. The summed E-state index contributed by atoms with van der Waals surface area (Å²) in [5, 5.41) is 2.47. The predicted molar refractivity (Wildman–Crippen MR) is 110 cm³/mol. The number of rotatable bonds is 5. The molecule has 3 rings (SSSR count). The lowest BCUT2D eigenvalue weighted by Crippen LogP contribution is -2.16. The number of nitrogens with one attached hydrogen (secondary N) is 2. The first-order valence-electron chi connectivity index (χ1n) is 8.20. The molecule has 0 unspecified atom stereocenters. The number of anilines is 2. The Morgan fingerprint density at radius 2 is 1.71 bits per heavy atom. The number of amides is 1. The number of halogens is 2. The molecule has 0 aliphatic carbocycles. The van der Waals surface area contributed by atoms with Crippen LogP contribution in [0.2, 0.25) is 0 Å². The first-order valence-corrected chi connectivity index (χ1v) is 10.5. The van der Waals surface area contributed by atoms with Crippen LogP contribution in [0.4, 0.5) is 15.8 Å². The highest BCUT2D eigenvalue weighted by molar-refractivity contribution is 9.10. The quantitative estimate of drug-likeness (QED) is 0.563. The molecular weight excluding hydrogens is 447 g/mol. The minimum atomic E-state index is -3.89. The average Bonchev–Trinajstić information content (AvgIpc) is 2.66. The molecule has 5 nitrogen and oxygen atoms in total. The molecule has 0 heterocycles. The summed E-state index contributed by atoms with van der Waals surface area (Å²) in [5.74, 6) is -1.18. The second-order valence-electron chi connectivity index (χ2n) is 6.08. The van der Waals surface area contributed by atoms with Gasteiger partial charge in [0.25, 0.3) is 15.9 Å². The van der Waals surface area contributed by atoms with Gasteiger partial charge in [0.1, 0.15) is 5.82 Å². The Morgan fingerprint density at radius 1 is 1.00 bits per heavy atom. The van der Waals surface area contributed by atoms with Crippen molar-refractivity contribution in [2.24, 2.45) is 0 Å². The third-order valence-electron chi connectivity index (χ3n) is 3.87. The number of carbonyl (C=O) groups excluding carboxylic acids is 1. The Hall–Kier alpha value is -2.71. The number of hydrogen-bond donors (Lipinski definition) is 2. The summed E-state index contributed by atoms with van der Waals surface area (Å²) in [6.45, 7) is 1.77. The van der Waals surface area contributed by atoms with Gasteiger partial charge >= 0.3 is 0 Å². The van der Waals surface area contributed by atoms with E-state index >= 15 is 0 Å². The van der Waals surface area contributed by atoms with Gasteiger partial charge in [-0.15, -0.1) is 0 Å². The van der Waals surface area contributed by atoms with E-state index in [1.807, 2.05) is 0 Å². The molecule has 0 saturated carbocycles. The van der Waals surface area contributed by atoms with E-state index in [1.165, 1.54) is 36.4 Å². The van der Waals surface area contributed by atoms with Gasteiger partial charge in [0, 0.05) is 15.7 Å². The van der Waals surface area contributed by atoms with E-state index in [9.17, 15) is 17.6 Å². The van der Waals surface area contributed by atoms with E-state index in [2.05, 4.69) is 26.0 Å². The predicted octanol–water partition coefficient (Wildman–Crippen LogP) is 4.95. The molecule has 8 heteroatoms. The molecule has 0 aliphatic heterocycles. The first-order chi connectivity index (χ1) is 13.2. The van der Waals surface area contributed by atoms with Gasteiger partial charge in [-0.05, 0) is 67.1 Å². The summed E-state index contributed by atoms with van der Waals surface area (Å²) in [6.07, 6.45) is 0. The van der Waals surface area contributed by atoms with E-state index in [4.69, 9.17) is 0 Å². The minimum absolute atomic E-state index is 0.0336. The van der Waals surface area contributed by atoms with Gasteiger partial charge in [-0.2, -0.15) is 0 Å². The molecule has 0 bridgehead atoms. The fourth-order valence-electron chi connectivity index (χ4n) is 2.47. The molecule has 3 aromatic carbocycles. The number of aryl methyl sites for hydroxylation is 1. The molecule has 0 aromatic heterocycles. The highest BCUT2D eigenvalue weighted by atomic mass is 79.9. The molecule has 0 radical (unpaired) electrons. The Bertz CT molecular complexity index is 1130. The van der Waals surface area contributed by atoms with Crippen LogP contribution in [-0.4, -0.2) is 14.3 Å². The molecular formula is C20H16BrFN2O3S. The molecule has 0 atom stereocenters. The maximum atomic E-state index is 13.9. The maximum Gasteiger partial charge on any atom is 0.261 e. The normalized spacial score (nSPS) is 11.1. The van der Waals surface area contributed by atoms with Crippen LogP contribution in [0.15, 0.2) is 76.1 Å². The molecule has 28 heavy (non-hydrogen) atoms. The van der Waals surface area contributed by atoms with Crippen molar-refractivity contribution in [3.8, 4) is 0 Å². The topological polar surface area (TPSA) is 75.3 Å². The standard InChI is InChI=1S/C20H16BrFN2O3S/c1-13-5-10-18(22)19(11-13)23-20(25)14-3-2-4-17(12-14)28(26,27)24-16-8-6-15(21)7-9-16/h2-12,24H,1H3,(H,23,25). The molecule has 3 aromatic rings. The number of hydrogen-bond acceptors (Lipinski definition) is 3. The van der Waals surface area contributed by atoms with Crippen molar-refractivity contribution >= 4 is 43.2 Å². The van der Waals surface area contributed by atoms with E-state index < -0.39 is 21.7 Å². The fraction of sp³-hybridized carbons (Fsp3) is 0.0500. The first kappa shape index (κ1) is 20.0. The number of sulfonamides is 1. The summed E-state index contributed by atoms with van der Waals surface area (Å²) in [7, 11) is -3.89. The Morgan fingerprint density at radius 3 is 2.43 bits per heavy atom. The zero-order valence-corrected chi connectivity index (χ0v) is 17.1. The third kappa shape index (κ3) is 4.76. The Labute approximate surface area is 170 Å². The molecule has 0 spiro atoms. The van der Waals surface area contributed by atoms with Crippen molar-refractivity contribution in [3.05, 3.63) is 88.1 Å². The molecule has 0 aliphatic rings. The van der Waals surface area contributed by atoms with E-state index in [0.717, 1.165) is 10.0 Å². The third-order valence-corrected chi connectivity index (χ3v) is 5.78. The SMILES string of the molecule is Cc1ccc(F)c(NC(=O)c2cccc(S(=O)(=O)Nc3ccc(Br)cc3)c2)c1. The van der Waals surface area contributed by atoms with Crippen molar-refractivity contribution in [1.82, 2.24) is 0 Å². The lowest BCUT2D eigenvalue weighted by atomic mass is 10.2. The summed E-state index contributed by atoms with van der Waals surface area (Å²) in [6, 6.07) is 16.5. The Kier molecular flexibility index (Phi) is 5.81. The highest BCUT2D eigenvalue weighted by Crippen LogP contribution is 2.21. The van der Waals surface area contributed by atoms with Crippen LogP contribution in [0.25, 0.3) is 0 Å². The van der Waals surface area contributed by atoms with Crippen molar-refractivity contribution in [3.63, 3.8) is 0 Å². The lowest BCUT2D eigenvalue weighted by molar-refractivity contribution is 0.102. The summed E-state index contributed by atoms with van der Waals surface area (Å²) in [5.41, 5.74) is 1.30. The van der Waals surface area contributed by atoms with Gasteiger partial charge in [-0.1, -0.05) is 28.1 Å². The van der Waals surface area contributed by atoms with Crippen LogP contribution in [0.3, 0.4) is 0 Å². The lowest BCUT2D eigenvalue weighted by Gasteiger charge is -2.11.